The van der Waals surface area contributed by atoms with Gasteiger partial charge in [-0.05, 0) is 71.8 Å². The average Bonchev–Trinajstić information content (AvgIpc) is 2.96. The Morgan fingerprint density at radius 2 is 1.64 bits per heavy atom. The van der Waals surface area contributed by atoms with Crippen LogP contribution in [0.4, 0.5) is 4.39 Å². The third-order valence-electron chi connectivity index (χ3n) is 7.61. The molecular formula is C33H32ClFN2O2. The summed E-state index contributed by atoms with van der Waals surface area (Å²) in [6.45, 7) is 3.39. The van der Waals surface area contributed by atoms with Crippen molar-refractivity contribution in [1.29, 1.82) is 0 Å². The summed E-state index contributed by atoms with van der Waals surface area (Å²) in [4.78, 5) is 18.2. The largest absolute Gasteiger partial charge is 0.508 e. The number of amides is 1. The SMILES string of the molecule is CC(C(=O)N(CCc1ccccc1F)Cc1ccc(O)cc1)N1CCc2ccccc2C1c1ccccc1Cl. The molecule has 0 bridgehead atoms. The fourth-order valence-corrected chi connectivity index (χ4v) is 5.74. The van der Waals surface area contributed by atoms with E-state index in [1.165, 1.54) is 11.6 Å². The van der Waals surface area contributed by atoms with Crippen LogP contribution >= 0.6 is 11.6 Å². The van der Waals surface area contributed by atoms with Gasteiger partial charge < -0.3 is 10.0 Å². The zero-order valence-corrected chi connectivity index (χ0v) is 22.7. The smallest absolute Gasteiger partial charge is 0.239 e. The topological polar surface area (TPSA) is 43.8 Å². The van der Waals surface area contributed by atoms with E-state index in [0.29, 0.717) is 36.6 Å². The molecule has 4 nitrogen and oxygen atoms in total. The fraction of sp³-hybridized carbons (Fsp3) is 0.242. The lowest BCUT2D eigenvalue weighted by Crippen LogP contribution is -2.51. The maximum atomic E-state index is 14.4. The molecule has 2 unspecified atom stereocenters. The molecule has 0 radical (unpaired) electrons. The Kier molecular flexibility index (Phi) is 8.30. The number of benzene rings is 4. The van der Waals surface area contributed by atoms with E-state index < -0.39 is 6.04 Å². The van der Waals surface area contributed by atoms with Crippen molar-refractivity contribution in [2.24, 2.45) is 0 Å². The standard InChI is InChI=1S/C33H32ClFN2O2/c1-23(37-21-19-25-8-2-4-10-28(25)32(37)29-11-5-6-12-30(29)34)33(39)36(22-24-14-16-27(38)17-15-24)20-18-26-9-3-7-13-31(26)35/h2-17,23,32,38H,18-22H2,1H3. The second kappa shape index (κ2) is 12.0. The monoisotopic (exact) mass is 542 g/mol. The van der Waals surface area contributed by atoms with Crippen molar-refractivity contribution in [2.75, 3.05) is 13.1 Å². The summed E-state index contributed by atoms with van der Waals surface area (Å²) in [7, 11) is 0. The molecule has 2 atom stereocenters. The number of nitrogens with zero attached hydrogens (tertiary/aromatic N) is 2. The molecule has 4 aromatic carbocycles. The Bertz CT molecular complexity index is 1440. The molecule has 39 heavy (non-hydrogen) atoms. The van der Waals surface area contributed by atoms with Crippen molar-refractivity contribution < 1.29 is 14.3 Å². The van der Waals surface area contributed by atoms with Gasteiger partial charge in [-0.3, -0.25) is 9.69 Å². The van der Waals surface area contributed by atoms with Crippen LogP contribution in [0, 0.1) is 5.82 Å². The molecule has 6 heteroatoms. The summed E-state index contributed by atoms with van der Waals surface area (Å²) in [6.07, 6.45) is 1.24. The summed E-state index contributed by atoms with van der Waals surface area (Å²) < 4.78 is 14.4. The molecular weight excluding hydrogens is 511 g/mol. The Morgan fingerprint density at radius 1 is 0.974 bits per heavy atom. The molecule has 0 aromatic heterocycles. The molecule has 4 aromatic rings. The molecule has 1 aliphatic rings. The number of aromatic hydroxyl groups is 1. The Labute approximate surface area is 234 Å². The van der Waals surface area contributed by atoms with Crippen LogP contribution in [0.3, 0.4) is 0 Å². The second-order valence-electron chi connectivity index (χ2n) is 10.1. The van der Waals surface area contributed by atoms with Gasteiger partial charge >= 0.3 is 0 Å². The summed E-state index contributed by atoms with van der Waals surface area (Å²) in [5.74, 6) is -0.129. The minimum atomic E-state index is -0.447. The minimum Gasteiger partial charge on any atom is -0.508 e. The van der Waals surface area contributed by atoms with Crippen LogP contribution in [0.1, 0.15) is 40.8 Å². The van der Waals surface area contributed by atoms with Gasteiger partial charge in [0.2, 0.25) is 5.91 Å². The minimum absolute atomic E-state index is 0.0316. The highest BCUT2D eigenvalue weighted by atomic mass is 35.5. The molecule has 5 rings (SSSR count). The van der Waals surface area contributed by atoms with Crippen LogP contribution in [0.25, 0.3) is 0 Å². The highest BCUT2D eigenvalue weighted by Gasteiger charge is 2.36. The van der Waals surface area contributed by atoms with E-state index in [-0.39, 0.29) is 23.5 Å². The number of fused-ring (bicyclic) bond motifs is 1. The van der Waals surface area contributed by atoms with Gasteiger partial charge in [0.05, 0.1) is 12.1 Å². The number of carbonyl (C=O) groups is 1. The van der Waals surface area contributed by atoms with Crippen molar-refractivity contribution in [3.8, 4) is 5.75 Å². The molecule has 0 saturated carbocycles. The first-order chi connectivity index (χ1) is 18.9. The third-order valence-corrected chi connectivity index (χ3v) is 7.95. The number of rotatable bonds is 8. The van der Waals surface area contributed by atoms with Gasteiger partial charge in [0.1, 0.15) is 11.6 Å². The third kappa shape index (κ3) is 6.00. The molecule has 1 N–H and O–H groups in total. The number of carbonyl (C=O) groups excluding carboxylic acids is 1. The van der Waals surface area contributed by atoms with Crippen LogP contribution in [0.2, 0.25) is 5.02 Å². The average molecular weight is 543 g/mol. The first-order valence-electron chi connectivity index (χ1n) is 13.3. The number of phenols is 1. The lowest BCUT2D eigenvalue weighted by Gasteiger charge is -2.42. The molecule has 200 valence electrons. The van der Waals surface area contributed by atoms with Gasteiger partial charge in [-0.25, -0.2) is 4.39 Å². The summed E-state index contributed by atoms with van der Waals surface area (Å²) in [5, 5.41) is 10.4. The molecule has 0 spiro atoms. The Balaban J connectivity index is 1.46. The van der Waals surface area contributed by atoms with Crippen molar-refractivity contribution in [3.05, 3.63) is 136 Å². The molecule has 1 heterocycles. The van der Waals surface area contributed by atoms with Gasteiger partial charge in [0.15, 0.2) is 0 Å². The lowest BCUT2D eigenvalue weighted by atomic mass is 9.87. The molecule has 1 aliphatic heterocycles. The van der Waals surface area contributed by atoms with Crippen LogP contribution in [-0.2, 0) is 24.2 Å². The molecule has 0 fully saturated rings. The predicted molar refractivity (Wildman–Crippen MR) is 153 cm³/mol. The van der Waals surface area contributed by atoms with Gasteiger partial charge in [0, 0.05) is 24.7 Å². The van der Waals surface area contributed by atoms with E-state index in [0.717, 1.165) is 23.1 Å². The van der Waals surface area contributed by atoms with Crippen molar-refractivity contribution in [1.82, 2.24) is 9.80 Å². The van der Waals surface area contributed by atoms with Gasteiger partial charge in [-0.15, -0.1) is 0 Å². The fourth-order valence-electron chi connectivity index (χ4n) is 5.50. The van der Waals surface area contributed by atoms with Crippen molar-refractivity contribution >= 4 is 17.5 Å². The quantitative estimate of drug-likeness (QED) is 0.266. The molecule has 0 saturated heterocycles. The van der Waals surface area contributed by atoms with E-state index in [9.17, 15) is 14.3 Å². The van der Waals surface area contributed by atoms with E-state index in [1.54, 1.807) is 29.2 Å². The predicted octanol–water partition coefficient (Wildman–Crippen LogP) is 6.79. The Hall–Kier alpha value is -3.67. The zero-order valence-electron chi connectivity index (χ0n) is 21.9. The summed E-state index contributed by atoms with van der Waals surface area (Å²) in [6, 6.07) is 29.1. The highest BCUT2D eigenvalue weighted by Crippen LogP contribution is 2.39. The van der Waals surface area contributed by atoms with E-state index in [4.69, 9.17) is 11.6 Å². The van der Waals surface area contributed by atoms with Gasteiger partial charge in [-0.1, -0.05) is 84.4 Å². The highest BCUT2D eigenvalue weighted by molar-refractivity contribution is 6.31. The van der Waals surface area contributed by atoms with E-state index in [1.807, 2.05) is 55.5 Å². The number of hydrogen-bond donors (Lipinski definition) is 1. The molecule has 0 aliphatic carbocycles. The van der Waals surface area contributed by atoms with E-state index in [2.05, 4.69) is 23.1 Å². The normalized spacial score (nSPS) is 15.9. The maximum absolute atomic E-state index is 14.4. The lowest BCUT2D eigenvalue weighted by molar-refractivity contribution is -0.138. The summed E-state index contributed by atoms with van der Waals surface area (Å²) >= 11 is 6.71. The number of phenolic OH excluding ortho intramolecular Hbond substituents is 1. The van der Waals surface area contributed by atoms with Crippen LogP contribution in [-0.4, -0.2) is 39.9 Å². The zero-order chi connectivity index (χ0) is 27.4. The van der Waals surface area contributed by atoms with Crippen LogP contribution in [0.15, 0.2) is 97.1 Å². The second-order valence-corrected chi connectivity index (χ2v) is 10.5. The van der Waals surface area contributed by atoms with Crippen LogP contribution in [0.5, 0.6) is 5.75 Å². The number of halogens is 2. The van der Waals surface area contributed by atoms with Crippen LogP contribution < -0.4 is 0 Å². The first kappa shape index (κ1) is 26.9. The summed E-state index contributed by atoms with van der Waals surface area (Å²) in [5.41, 5.74) is 4.87. The van der Waals surface area contributed by atoms with Crippen molar-refractivity contribution in [2.45, 2.75) is 38.4 Å². The Morgan fingerprint density at radius 3 is 2.38 bits per heavy atom. The van der Waals surface area contributed by atoms with Crippen molar-refractivity contribution in [3.63, 3.8) is 0 Å². The van der Waals surface area contributed by atoms with Gasteiger partial charge in [-0.2, -0.15) is 0 Å². The maximum Gasteiger partial charge on any atom is 0.239 e. The van der Waals surface area contributed by atoms with Gasteiger partial charge in [0.25, 0.3) is 0 Å². The first-order valence-corrected chi connectivity index (χ1v) is 13.7. The molecule has 1 amide bonds. The number of hydrogen-bond acceptors (Lipinski definition) is 3. The van der Waals surface area contributed by atoms with E-state index >= 15 is 0 Å².